The van der Waals surface area contributed by atoms with Gasteiger partial charge in [-0.05, 0) is 48.9 Å². The van der Waals surface area contributed by atoms with Gasteiger partial charge in [0.05, 0.1) is 18.7 Å². The second-order valence-electron chi connectivity index (χ2n) is 8.81. The highest BCUT2D eigenvalue weighted by Crippen LogP contribution is 2.14. The van der Waals surface area contributed by atoms with E-state index in [2.05, 4.69) is 20.4 Å². The molecule has 3 N–H and O–H groups in total. The van der Waals surface area contributed by atoms with Crippen LogP contribution in [0.4, 0.5) is 11.4 Å². The van der Waals surface area contributed by atoms with Gasteiger partial charge in [-0.2, -0.15) is 0 Å². The Balaban J connectivity index is 1.37. The highest BCUT2D eigenvalue weighted by Gasteiger charge is 2.22. The van der Waals surface area contributed by atoms with Crippen molar-refractivity contribution in [3.05, 3.63) is 95.6 Å². The lowest BCUT2D eigenvalue weighted by Gasteiger charge is -2.36. The van der Waals surface area contributed by atoms with Gasteiger partial charge in [-0.25, -0.2) is 9.79 Å². The van der Waals surface area contributed by atoms with Crippen molar-refractivity contribution in [2.24, 2.45) is 4.99 Å². The van der Waals surface area contributed by atoms with Crippen LogP contribution in [0.2, 0.25) is 0 Å². The normalized spacial score (nSPS) is 14.4. The number of rotatable bonds is 7. The van der Waals surface area contributed by atoms with Crippen molar-refractivity contribution in [2.75, 3.05) is 43.4 Å². The van der Waals surface area contributed by atoms with Gasteiger partial charge >= 0.3 is 5.97 Å². The summed E-state index contributed by atoms with van der Waals surface area (Å²) in [6, 6.07) is 24.4. The molecule has 186 valence electrons. The maximum absolute atomic E-state index is 12.5. The van der Waals surface area contributed by atoms with Gasteiger partial charge in [-0.1, -0.05) is 48.0 Å². The Morgan fingerprint density at radius 1 is 0.833 bits per heavy atom. The van der Waals surface area contributed by atoms with E-state index < -0.39 is 5.97 Å². The Labute approximate surface area is 211 Å². The number of aryl methyl sites for hydroxylation is 1. The SMILES string of the molecule is Cc1ccc(NC(=O)CN2CCN(C(=NCc3ccccc3)Nc3ccc(C(=O)O)cc3)CC2)cc1. The number of aromatic carboxylic acids is 1. The molecule has 1 saturated heterocycles. The van der Waals surface area contributed by atoms with Crippen LogP contribution in [0.1, 0.15) is 21.5 Å². The summed E-state index contributed by atoms with van der Waals surface area (Å²) in [7, 11) is 0. The molecule has 0 radical (unpaired) electrons. The molecule has 0 saturated carbocycles. The number of anilines is 2. The fraction of sp³-hybridized carbons (Fsp3) is 0.250. The predicted molar refractivity (Wildman–Crippen MR) is 142 cm³/mol. The van der Waals surface area contributed by atoms with Crippen LogP contribution in [0.5, 0.6) is 0 Å². The number of carboxylic acid groups (broad SMARTS) is 1. The molecule has 3 aromatic carbocycles. The largest absolute Gasteiger partial charge is 0.478 e. The molecule has 3 aromatic rings. The van der Waals surface area contributed by atoms with E-state index in [1.807, 2.05) is 61.5 Å². The number of carbonyl (C=O) groups is 2. The minimum atomic E-state index is -0.956. The number of aliphatic imine (C=N–C) groups is 1. The number of nitrogens with zero attached hydrogens (tertiary/aromatic N) is 3. The third-order valence-electron chi connectivity index (χ3n) is 6.02. The molecule has 0 aliphatic carbocycles. The Bertz CT molecular complexity index is 1190. The van der Waals surface area contributed by atoms with Crippen molar-refractivity contribution in [1.29, 1.82) is 0 Å². The number of piperazine rings is 1. The van der Waals surface area contributed by atoms with Gasteiger partial charge in [0.1, 0.15) is 0 Å². The second-order valence-corrected chi connectivity index (χ2v) is 8.81. The summed E-state index contributed by atoms with van der Waals surface area (Å²) in [6.45, 7) is 5.76. The summed E-state index contributed by atoms with van der Waals surface area (Å²) in [5.41, 5.74) is 4.06. The van der Waals surface area contributed by atoms with Crippen LogP contribution in [0.15, 0.2) is 83.9 Å². The van der Waals surface area contributed by atoms with Gasteiger partial charge in [0, 0.05) is 37.6 Å². The van der Waals surface area contributed by atoms with Crippen LogP contribution in [0, 0.1) is 6.92 Å². The van der Waals surface area contributed by atoms with E-state index in [1.165, 1.54) is 0 Å². The zero-order chi connectivity index (χ0) is 25.3. The molecule has 1 heterocycles. The van der Waals surface area contributed by atoms with E-state index in [-0.39, 0.29) is 11.5 Å². The number of carboxylic acids is 1. The highest BCUT2D eigenvalue weighted by atomic mass is 16.4. The summed E-state index contributed by atoms with van der Waals surface area (Å²) in [4.78, 5) is 32.8. The standard InChI is InChI=1S/C28H31N5O3/c1-21-7-11-24(12-8-21)30-26(34)20-32-15-17-33(18-16-32)28(29-19-22-5-3-2-4-6-22)31-25-13-9-23(10-14-25)27(35)36/h2-14H,15-20H2,1H3,(H,29,31)(H,30,34)(H,35,36). The van der Waals surface area contributed by atoms with E-state index in [4.69, 9.17) is 10.1 Å². The molecular formula is C28H31N5O3. The molecule has 0 spiro atoms. The number of nitrogens with one attached hydrogen (secondary N) is 2. The molecule has 1 aliphatic heterocycles. The Hall–Kier alpha value is -4.17. The molecule has 8 heteroatoms. The number of hydrogen-bond acceptors (Lipinski definition) is 4. The third-order valence-corrected chi connectivity index (χ3v) is 6.02. The Morgan fingerprint density at radius 2 is 1.44 bits per heavy atom. The molecule has 0 atom stereocenters. The number of guanidine groups is 1. The minimum absolute atomic E-state index is 0.0260. The van der Waals surface area contributed by atoms with E-state index in [0.717, 1.165) is 41.6 Å². The number of benzene rings is 3. The Morgan fingerprint density at radius 3 is 2.08 bits per heavy atom. The van der Waals surface area contributed by atoms with Crippen molar-refractivity contribution >= 4 is 29.2 Å². The quantitative estimate of drug-likeness (QED) is 0.347. The molecule has 0 aromatic heterocycles. The fourth-order valence-electron chi connectivity index (χ4n) is 3.95. The molecule has 4 rings (SSSR count). The molecule has 1 fully saturated rings. The first-order chi connectivity index (χ1) is 17.5. The van der Waals surface area contributed by atoms with Crippen molar-refractivity contribution < 1.29 is 14.7 Å². The summed E-state index contributed by atoms with van der Waals surface area (Å²) >= 11 is 0. The molecule has 1 aliphatic rings. The summed E-state index contributed by atoms with van der Waals surface area (Å²) in [6.07, 6.45) is 0. The van der Waals surface area contributed by atoms with Gasteiger partial charge < -0.3 is 20.6 Å². The van der Waals surface area contributed by atoms with Crippen molar-refractivity contribution in [1.82, 2.24) is 9.80 Å². The van der Waals surface area contributed by atoms with Crippen LogP contribution in [-0.4, -0.2) is 65.5 Å². The smallest absolute Gasteiger partial charge is 0.335 e. The fourth-order valence-corrected chi connectivity index (χ4v) is 3.95. The topological polar surface area (TPSA) is 97.3 Å². The molecule has 0 unspecified atom stereocenters. The average molecular weight is 486 g/mol. The number of carbonyl (C=O) groups excluding carboxylic acids is 1. The first-order valence-electron chi connectivity index (χ1n) is 12.0. The average Bonchev–Trinajstić information content (AvgIpc) is 2.89. The zero-order valence-corrected chi connectivity index (χ0v) is 20.4. The first-order valence-corrected chi connectivity index (χ1v) is 12.0. The summed E-state index contributed by atoms with van der Waals surface area (Å²) < 4.78 is 0. The van der Waals surface area contributed by atoms with Crippen LogP contribution in [0.3, 0.4) is 0 Å². The van der Waals surface area contributed by atoms with Gasteiger partial charge in [-0.3, -0.25) is 9.69 Å². The number of amides is 1. The van der Waals surface area contributed by atoms with E-state index in [1.54, 1.807) is 24.3 Å². The molecule has 36 heavy (non-hydrogen) atoms. The number of hydrogen-bond donors (Lipinski definition) is 3. The van der Waals surface area contributed by atoms with Crippen LogP contribution in [-0.2, 0) is 11.3 Å². The lowest BCUT2D eigenvalue weighted by Crippen LogP contribution is -2.52. The maximum Gasteiger partial charge on any atom is 0.335 e. The van der Waals surface area contributed by atoms with Crippen LogP contribution in [0.25, 0.3) is 0 Å². The zero-order valence-electron chi connectivity index (χ0n) is 20.4. The van der Waals surface area contributed by atoms with Gasteiger partial charge in [-0.15, -0.1) is 0 Å². The van der Waals surface area contributed by atoms with Gasteiger partial charge in [0.2, 0.25) is 5.91 Å². The van der Waals surface area contributed by atoms with E-state index in [9.17, 15) is 9.59 Å². The van der Waals surface area contributed by atoms with Crippen molar-refractivity contribution in [3.63, 3.8) is 0 Å². The second kappa shape index (κ2) is 12.0. The summed E-state index contributed by atoms with van der Waals surface area (Å²) in [5, 5.41) is 15.5. The molecular weight excluding hydrogens is 454 g/mol. The third kappa shape index (κ3) is 7.16. The van der Waals surface area contributed by atoms with E-state index in [0.29, 0.717) is 26.2 Å². The molecule has 8 nitrogen and oxygen atoms in total. The Kier molecular flexibility index (Phi) is 8.31. The minimum Gasteiger partial charge on any atom is -0.478 e. The van der Waals surface area contributed by atoms with Crippen molar-refractivity contribution in [3.8, 4) is 0 Å². The predicted octanol–water partition coefficient (Wildman–Crippen LogP) is 3.92. The van der Waals surface area contributed by atoms with Gasteiger partial charge in [0.25, 0.3) is 0 Å². The lowest BCUT2D eigenvalue weighted by atomic mass is 10.2. The first kappa shape index (κ1) is 24.9. The van der Waals surface area contributed by atoms with Gasteiger partial charge in [0.15, 0.2) is 5.96 Å². The molecule has 1 amide bonds. The monoisotopic (exact) mass is 485 g/mol. The highest BCUT2D eigenvalue weighted by molar-refractivity contribution is 5.95. The maximum atomic E-state index is 12.5. The summed E-state index contributed by atoms with van der Waals surface area (Å²) in [5.74, 6) is -0.255. The van der Waals surface area contributed by atoms with E-state index >= 15 is 0 Å². The van der Waals surface area contributed by atoms with Crippen LogP contribution >= 0.6 is 0 Å². The molecule has 0 bridgehead atoms. The van der Waals surface area contributed by atoms with Crippen molar-refractivity contribution in [2.45, 2.75) is 13.5 Å². The van der Waals surface area contributed by atoms with Crippen LogP contribution < -0.4 is 10.6 Å². The lowest BCUT2D eigenvalue weighted by molar-refractivity contribution is -0.117.